The van der Waals surface area contributed by atoms with Crippen LogP contribution in [0.15, 0.2) is 48.8 Å². The molecule has 0 saturated carbocycles. The Morgan fingerprint density at radius 2 is 1.93 bits per heavy atom. The molecule has 1 aliphatic heterocycles. The lowest BCUT2D eigenvalue weighted by Crippen LogP contribution is -2.33. The first kappa shape index (κ1) is 19.9. The second kappa shape index (κ2) is 8.93. The summed E-state index contributed by atoms with van der Waals surface area (Å²) in [6.07, 6.45) is 5.99. The van der Waals surface area contributed by atoms with Gasteiger partial charge in [0.15, 0.2) is 5.13 Å². The van der Waals surface area contributed by atoms with E-state index in [1.54, 1.807) is 0 Å². The third-order valence-corrected chi connectivity index (χ3v) is 6.45. The second-order valence-corrected chi connectivity index (χ2v) is 8.84. The normalized spacial score (nSPS) is 14.2. The zero-order chi connectivity index (χ0) is 20.2. The predicted molar refractivity (Wildman–Crippen MR) is 118 cm³/mol. The summed E-state index contributed by atoms with van der Waals surface area (Å²) in [6, 6.07) is 12.6. The maximum atomic E-state index is 12.8. The zero-order valence-corrected chi connectivity index (χ0v) is 17.9. The molecule has 0 aliphatic carbocycles. The van der Waals surface area contributed by atoms with Gasteiger partial charge in [-0.1, -0.05) is 49.4 Å². The molecule has 3 heterocycles. The largest absolute Gasteiger partial charge is 0.351 e. The van der Waals surface area contributed by atoms with Gasteiger partial charge in [0, 0.05) is 38.6 Å². The van der Waals surface area contributed by atoms with Gasteiger partial charge in [0.2, 0.25) is 0 Å². The van der Waals surface area contributed by atoms with Gasteiger partial charge in [-0.15, -0.1) is 0 Å². The van der Waals surface area contributed by atoms with E-state index in [9.17, 15) is 4.79 Å². The summed E-state index contributed by atoms with van der Waals surface area (Å²) in [5.74, 6) is 0.207. The van der Waals surface area contributed by atoms with Crippen molar-refractivity contribution in [3.63, 3.8) is 0 Å². The fraction of sp³-hybridized carbons (Fsp3) is 0.391. The maximum Gasteiger partial charge on any atom is 0.263 e. The van der Waals surface area contributed by atoms with E-state index >= 15 is 0 Å². The van der Waals surface area contributed by atoms with Gasteiger partial charge in [0.1, 0.15) is 4.88 Å². The maximum absolute atomic E-state index is 12.8. The molecule has 1 aromatic carbocycles. The first-order valence-corrected chi connectivity index (χ1v) is 11.1. The van der Waals surface area contributed by atoms with E-state index in [1.807, 2.05) is 29.1 Å². The van der Waals surface area contributed by atoms with Crippen LogP contribution in [0.1, 0.15) is 52.7 Å². The van der Waals surface area contributed by atoms with E-state index in [-0.39, 0.29) is 11.8 Å². The minimum atomic E-state index is -0.00593. The fourth-order valence-corrected chi connectivity index (χ4v) is 4.88. The first-order valence-electron chi connectivity index (χ1n) is 10.3. The third-order valence-electron chi connectivity index (χ3n) is 5.37. The molecule has 152 valence electrons. The van der Waals surface area contributed by atoms with Gasteiger partial charge in [-0.05, 0) is 42.0 Å². The summed E-state index contributed by atoms with van der Waals surface area (Å²) in [7, 11) is 0. The standard InChI is InChI=1S/C23H28N4OS/c1-17(2)20-21(29-23(25-20)27-13-5-6-14-27)22(28)24-11-7-12-26-15-10-18-8-3-4-9-19(18)16-26/h3-6,8-9,13-14,17H,7,10-12,15-16H2,1-2H3,(H,24,28). The molecule has 4 rings (SSSR count). The van der Waals surface area contributed by atoms with Crippen LogP contribution in [-0.4, -0.2) is 40.0 Å². The minimum absolute atomic E-state index is 0.00593. The Labute approximate surface area is 176 Å². The van der Waals surface area contributed by atoms with E-state index in [1.165, 1.54) is 22.5 Å². The van der Waals surface area contributed by atoms with Crippen LogP contribution in [0.25, 0.3) is 5.13 Å². The number of hydrogen-bond acceptors (Lipinski definition) is 4. The summed E-state index contributed by atoms with van der Waals surface area (Å²) < 4.78 is 1.96. The lowest BCUT2D eigenvalue weighted by molar-refractivity contribution is 0.0954. The zero-order valence-electron chi connectivity index (χ0n) is 17.1. The molecule has 0 bridgehead atoms. The van der Waals surface area contributed by atoms with E-state index in [0.717, 1.165) is 48.2 Å². The molecule has 5 nitrogen and oxygen atoms in total. The van der Waals surface area contributed by atoms with Crippen LogP contribution in [-0.2, 0) is 13.0 Å². The molecule has 1 aliphatic rings. The fourth-order valence-electron chi connectivity index (χ4n) is 3.78. The Morgan fingerprint density at radius 1 is 1.17 bits per heavy atom. The van der Waals surface area contributed by atoms with Gasteiger partial charge in [-0.2, -0.15) is 0 Å². The lowest BCUT2D eigenvalue weighted by Gasteiger charge is -2.28. The average molecular weight is 409 g/mol. The smallest absolute Gasteiger partial charge is 0.263 e. The summed E-state index contributed by atoms with van der Waals surface area (Å²) in [5, 5.41) is 3.95. The number of aromatic nitrogens is 2. The van der Waals surface area contributed by atoms with Crippen molar-refractivity contribution in [3.05, 3.63) is 70.5 Å². The topological polar surface area (TPSA) is 50.2 Å². The van der Waals surface area contributed by atoms with Crippen molar-refractivity contribution in [2.75, 3.05) is 19.6 Å². The van der Waals surface area contributed by atoms with E-state index in [4.69, 9.17) is 4.98 Å². The second-order valence-electron chi connectivity index (χ2n) is 7.86. The predicted octanol–water partition coefficient (Wildman–Crippen LogP) is 4.24. The molecule has 0 unspecified atom stereocenters. The number of benzene rings is 1. The number of carbonyl (C=O) groups excluding carboxylic acids is 1. The molecule has 0 atom stereocenters. The van der Waals surface area contributed by atoms with Crippen molar-refractivity contribution >= 4 is 17.2 Å². The molecule has 1 N–H and O–H groups in total. The first-order chi connectivity index (χ1) is 14.1. The molecule has 0 saturated heterocycles. The monoisotopic (exact) mass is 408 g/mol. The van der Waals surface area contributed by atoms with E-state index in [2.05, 4.69) is 48.3 Å². The summed E-state index contributed by atoms with van der Waals surface area (Å²) in [5.41, 5.74) is 3.79. The number of rotatable bonds is 7. The van der Waals surface area contributed by atoms with Crippen molar-refractivity contribution < 1.29 is 4.79 Å². The van der Waals surface area contributed by atoms with Crippen LogP contribution in [0, 0.1) is 0 Å². The number of nitrogens with one attached hydrogen (secondary N) is 1. The van der Waals surface area contributed by atoms with E-state index < -0.39 is 0 Å². The highest BCUT2D eigenvalue weighted by molar-refractivity contribution is 7.16. The number of thiazole rings is 1. The van der Waals surface area contributed by atoms with Gasteiger partial charge >= 0.3 is 0 Å². The van der Waals surface area contributed by atoms with Crippen molar-refractivity contribution in [3.8, 4) is 5.13 Å². The van der Waals surface area contributed by atoms with Crippen molar-refractivity contribution in [2.24, 2.45) is 0 Å². The highest BCUT2D eigenvalue weighted by Crippen LogP contribution is 2.27. The number of amides is 1. The Morgan fingerprint density at radius 3 is 2.69 bits per heavy atom. The summed E-state index contributed by atoms with van der Waals surface area (Å²) in [4.78, 5) is 20.7. The molecule has 1 amide bonds. The minimum Gasteiger partial charge on any atom is -0.351 e. The SMILES string of the molecule is CC(C)c1nc(-n2cccc2)sc1C(=O)NCCCN1CCc2ccccc2C1. The molecule has 0 fully saturated rings. The van der Waals surface area contributed by atoms with Crippen LogP contribution in [0.5, 0.6) is 0 Å². The Bertz CT molecular complexity index is 961. The van der Waals surface area contributed by atoms with Crippen molar-refractivity contribution in [1.29, 1.82) is 0 Å². The van der Waals surface area contributed by atoms with Gasteiger partial charge < -0.3 is 9.88 Å². The highest BCUT2D eigenvalue weighted by atomic mass is 32.1. The summed E-state index contributed by atoms with van der Waals surface area (Å²) >= 11 is 1.46. The Hall–Kier alpha value is -2.44. The van der Waals surface area contributed by atoms with Crippen molar-refractivity contribution in [2.45, 2.75) is 39.2 Å². The average Bonchev–Trinajstić information content (AvgIpc) is 3.40. The van der Waals surface area contributed by atoms with Gasteiger partial charge in [0.05, 0.1) is 5.69 Å². The number of nitrogens with zero attached hydrogens (tertiary/aromatic N) is 3. The molecule has 6 heteroatoms. The molecule has 2 aromatic heterocycles. The number of carbonyl (C=O) groups is 1. The molecule has 0 radical (unpaired) electrons. The quantitative estimate of drug-likeness (QED) is 0.595. The molecule has 0 spiro atoms. The third kappa shape index (κ3) is 4.60. The molecule has 3 aromatic rings. The van der Waals surface area contributed by atoms with Crippen LogP contribution in [0.4, 0.5) is 0 Å². The Balaban J connectivity index is 1.31. The molecular weight excluding hydrogens is 380 g/mol. The van der Waals surface area contributed by atoms with Crippen LogP contribution in [0.2, 0.25) is 0 Å². The van der Waals surface area contributed by atoms with Crippen LogP contribution >= 0.6 is 11.3 Å². The van der Waals surface area contributed by atoms with Crippen LogP contribution < -0.4 is 5.32 Å². The Kier molecular flexibility index (Phi) is 6.11. The van der Waals surface area contributed by atoms with Gasteiger partial charge in [-0.3, -0.25) is 9.69 Å². The lowest BCUT2D eigenvalue weighted by atomic mass is 10.00. The van der Waals surface area contributed by atoms with Gasteiger partial charge in [-0.25, -0.2) is 4.98 Å². The molecule has 29 heavy (non-hydrogen) atoms. The van der Waals surface area contributed by atoms with Crippen LogP contribution in [0.3, 0.4) is 0 Å². The van der Waals surface area contributed by atoms with Gasteiger partial charge in [0.25, 0.3) is 5.91 Å². The van der Waals surface area contributed by atoms with E-state index in [0.29, 0.717) is 6.54 Å². The van der Waals surface area contributed by atoms with Crippen molar-refractivity contribution in [1.82, 2.24) is 19.8 Å². The number of hydrogen-bond donors (Lipinski definition) is 1. The molecular formula is C23H28N4OS. The highest BCUT2D eigenvalue weighted by Gasteiger charge is 2.21. The number of fused-ring (bicyclic) bond motifs is 1. The summed E-state index contributed by atoms with van der Waals surface area (Å²) in [6.45, 7) is 7.96.